The van der Waals surface area contributed by atoms with Crippen LogP contribution in [0, 0.1) is 11.6 Å². The summed E-state index contributed by atoms with van der Waals surface area (Å²) in [6.07, 6.45) is 0. The first kappa shape index (κ1) is 16.9. The molecular weight excluding hydrogens is 332 g/mol. The highest BCUT2D eigenvalue weighted by Gasteiger charge is 2.22. The maximum atomic E-state index is 14.1. The van der Waals surface area contributed by atoms with Crippen molar-refractivity contribution in [2.45, 2.75) is 6.61 Å². The Kier molecular flexibility index (Phi) is 4.67. The standard InChI is InChI=1S/C18H15F2NO4/c1-23-12-5-10(6-13(8-12)24-2)17-15(9-22)18(25-21-17)14-4-3-11(19)7-16(14)20/h3-8,22H,9H2,1-2H3. The molecule has 130 valence electrons. The van der Waals surface area contributed by atoms with Crippen LogP contribution in [-0.2, 0) is 6.61 Å². The van der Waals surface area contributed by atoms with Gasteiger partial charge in [0.25, 0.3) is 0 Å². The minimum atomic E-state index is -0.805. The van der Waals surface area contributed by atoms with Crippen LogP contribution in [0.3, 0.4) is 0 Å². The molecule has 5 nitrogen and oxygen atoms in total. The fourth-order valence-corrected chi connectivity index (χ4v) is 2.51. The lowest BCUT2D eigenvalue weighted by Gasteiger charge is -2.08. The van der Waals surface area contributed by atoms with E-state index in [-0.39, 0.29) is 16.9 Å². The average molecular weight is 347 g/mol. The first-order valence-corrected chi connectivity index (χ1v) is 7.35. The quantitative estimate of drug-likeness (QED) is 0.761. The van der Waals surface area contributed by atoms with Gasteiger partial charge in [0.1, 0.15) is 28.8 Å². The molecule has 0 aliphatic rings. The van der Waals surface area contributed by atoms with Gasteiger partial charge in [-0.1, -0.05) is 5.16 Å². The Hall–Kier alpha value is -2.93. The van der Waals surface area contributed by atoms with E-state index < -0.39 is 18.2 Å². The summed E-state index contributed by atoms with van der Waals surface area (Å²) in [6.45, 7) is -0.440. The molecule has 0 saturated carbocycles. The van der Waals surface area contributed by atoms with E-state index in [1.807, 2.05) is 0 Å². The molecule has 0 unspecified atom stereocenters. The largest absolute Gasteiger partial charge is 0.497 e. The molecule has 0 amide bonds. The zero-order chi connectivity index (χ0) is 18.0. The van der Waals surface area contributed by atoms with Crippen molar-refractivity contribution in [3.05, 3.63) is 53.6 Å². The number of halogens is 2. The number of rotatable bonds is 5. The molecule has 2 aromatic carbocycles. The Labute approximate surface area is 142 Å². The van der Waals surface area contributed by atoms with E-state index in [0.29, 0.717) is 22.8 Å². The van der Waals surface area contributed by atoms with Gasteiger partial charge in [0.05, 0.1) is 32.0 Å². The van der Waals surface area contributed by atoms with Crippen molar-refractivity contribution in [1.82, 2.24) is 5.16 Å². The number of ether oxygens (including phenoxy) is 2. The monoisotopic (exact) mass is 347 g/mol. The molecule has 0 saturated heterocycles. The van der Waals surface area contributed by atoms with Gasteiger partial charge >= 0.3 is 0 Å². The summed E-state index contributed by atoms with van der Waals surface area (Å²) in [5.74, 6) is -0.423. The molecule has 0 radical (unpaired) electrons. The third-order valence-corrected chi connectivity index (χ3v) is 3.75. The molecule has 0 bridgehead atoms. The van der Waals surface area contributed by atoms with Crippen LogP contribution in [0.5, 0.6) is 11.5 Å². The summed E-state index contributed by atoms with van der Waals surface area (Å²) in [7, 11) is 3.02. The Morgan fingerprint density at radius 1 is 1.04 bits per heavy atom. The number of methoxy groups -OCH3 is 2. The lowest BCUT2D eigenvalue weighted by molar-refractivity contribution is 0.281. The summed E-state index contributed by atoms with van der Waals surface area (Å²) >= 11 is 0. The molecule has 0 aliphatic carbocycles. The van der Waals surface area contributed by atoms with Crippen LogP contribution >= 0.6 is 0 Å². The van der Waals surface area contributed by atoms with Gasteiger partial charge in [-0.05, 0) is 24.3 Å². The Balaban J connectivity index is 2.15. The van der Waals surface area contributed by atoms with E-state index in [9.17, 15) is 13.9 Å². The van der Waals surface area contributed by atoms with Crippen LogP contribution < -0.4 is 9.47 Å². The van der Waals surface area contributed by atoms with Gasteiger partial charge in [0.2, 0.25) is 0 Å². The number of aliphatic hydroxyl groups excluding tert-OH is 1. The Morgan fingerprint density at radius 3 is 2.28 bits per heavy atom. The maximum Gasteiger partial charge on any atom is 0.175 e. The predicted molar refractivity (Wildman–Crippen MR) is 86.3 cm³/mol. The zero-order valence-electron chi connectivity index (χ0n) is 13.5. The molecule has 7 heteroatoms. The summed E-state index contributed by atoms with van der Waals surface area (Å²) in [6, 6.07) is 8.14. The molecular formula is C18H15F2NO4. The van der Waals surface area contributed by atoms with Crippen molar-refractivity contribution in [2.24, 2.45) is 0 Å². The molecule has 3 rings (SSSR count). The number of nitrogens with zero attached hydrogens (tertiary/aromatic N) is 1. The summed E-state index contributed by atoms with van der Waals surface area (Å²) in [5, 5.41) is 13.7. The van der Waals surface area contributed by atoms with E-state index in [1.165, 1.54) is 20.3 Å². The van der Waals surface area contributed by atoms with E-state index in [0.717, 1.165) is 12.1 Å². The molecule has 0 spiro atoms. The number of aromatic nitrogens is 1. The molecule has 1 N–H and O–H groups in total. The van der Waals surface area contributed by atoms with Crippen LogP contribution in [0.15, 0.2) is 40.9 Å². The minimum Gasteiger partial charge on any atom is -0.497 e. The van der Waals surface area contributed by atoms with Gasteiger partial charge in [-0.15, -0.1) is 0 Å². The van der Waals surface area contributed by atoms with E-state index in [4.69, 9.17) is 14.0 Å². The van der Waals surface area contributed by atoms with Crippen LogP contribution in [0.4, 0.5) is 8.78 Å². The fraction of sp³-hybridized carbons (Fsp3) is 0.167. The van der Waals surface area contributed by atoms with Crippen molar-refractivity contribution in [2.75, 3.05) is 14.2 Å². The molecule has 3 aromatic rings. The van der Waals surface area contributed by atoms with E-state index in [1.54, 1.807) is 18.2 Å². The number of aliphatic hydroxyl groups is 1. The van der Waals surface area contributed by atoms with Gasteiger partial charge in [-0.25, -0.2) is 8.78 Å². The zero-order valence-corrected chi connectivity index (χ0v) is 13.5. The third-order valence-electron chi connectivity index (χ3n) is 3.75. The van der Waals surface area contributed by atoms with Gasteiger partial charge in [0, 0.05) is 17.7 Å². The summed E-state index contributed by atoms with van der Waals surface area (Å²) in [4.78, 5) is 0. The maximum absolute atomic E-state index is 14.1. The highest BCUT2D eigenvalue weighted by molar-refractivity contribution is 5.74. The number of benzene rings is 2. The van der Waals surface area contributed by atoms with Gasteiger partial charge in [0.15, 0.2) is 5.76 Å². The van der Waals surface area contributed by atoms with E-state index >= 15 is 0 Å². The highest BCUT2D eigenvalue weighted by Crippen LogP contribution is 2.36. The minimum absolute atomic E-state index is 0.0130. The Morgan fingerprint density at radius 2 is 1.72 bits per heavy atom. The van der Waals surface area contributed by atoms with Gasteiger partial charge in [-0.2, -0.15) is 0 Å². The lowest BCUT2D eigenvalue weighted by Crippen LogP contribution is -1.93. The molecule has 25 heavy (non-hydrogen) atoms. The smallest absolute Gasteiger partial charge is 0.175 e. The van der Waals surface area contributed by atoms with Crippen LogP contribution in [0.2, 0.25) is 0 Å². The molecule has 1 aromatic heterocycles. The third kappa shape index (κ3) is 3.18. The SMILES string of the molecule is COc1cc(OC)cc(-c2noc(-c3ccc(F)cc3F)c2CO)c1. The number of hydrogen-bond donors (Lipinski definition) is 1. The van der Waals surface area contributed by atoms with Crippen LogP contribution in [-0.4, -0.2) is 24.5 Å². The molecule has 1 heterocycles. The van der Waals surface area contributed by atoms with Gasteiger partial charge in [-0.3, -0.25) is 0 Å². The molecule has 0 fully saturated rings. The lowest BCUT2D eigenvalue weighted by atomic mass is 10.0. The predicted octanol–water partition coefficient (Wildman–Crippen LogP) is 3.80. The van der Waals surface area contributed by atoms with Crippen molar-refractivity contribution in [1.29, 1.82) is 0 Å². The first-order valence-electron chi connectivity index (χ1n) is 7.35. The second-order valence-corrected chi connectivity index (χ2v) is 5.22. The summed E-state index contributed by atoms with van der Waals surface area (Å²) in [5.41, 5.74) is 1.18. The summed E-state index contributed by atoms with van der Waals surface area (Å²) < 4.78 is 42.8. The van der Waals surface area contributed by atoms with Crippen molar-refractivity contribution >= 4 is 0 Å². The van der Waals surface area contributed by atoms with Crippen molar-refractivity contribution in [3.8, 4) is 34.1 Å². The topological polar surface area (TPSA) is 64.7 Å². The second kappa shape index (κ2) is 6.90. The average Bonchev–Trinajstić information content (AvgIpc) is 3.04. The Bertz CT molecular complexity index is 886. The van der Waals surface area contributed by atoms with Crippen molar-refractivity contribution in [3.63, 3.8) is 0 Å². The first-order chi connectivity index (χ1) is 12.1. The van der Waals surface area contributed by atoms with Gasteiger partial charge < -0.3 is 19.1 Å². The fourth-order valence-electron chi connectivity index (χ4n) is 2.51. The molecule has 0 aliphatic heterocycles. The highest BCUT2D eigenvalue weighted by atomic mass is 19.1. The van der Waals surface area contributed by atoms with Crippen LogP contribution in [0.25, 0.3) is 22.6 Å². The van der Waals surface area contributed by atoms with Crippen LogP contribution in [0.1, 0.15) is 5.56 Å². The van der Waals surface area contributed by atoms with Crippen molar-refractivity contribution < 1.29 is 27.9 Å². The number of hydrogen-bond acceptors (Lipinski definition) is 5. The van der Waals surface area contributed by atoms with E-state index in [2.05, 4.69) is 5.16 Å². The second-order valence-electron chi connectivity index (χ2n) is 5.22. The normalized spacial score (nSPS) is 10.8. The molecule has 0 atom stereocenters.